The number of carbonyl (C=O) groups is 1. The van der Waals surface area contributed by atoms with Crippen LogP contribution in [0.1, 0.15) is 18.1 Å². The number of aromatic nitrogens is 1. The summed E-state index contributed by atoms with van der Waals surface area (Å²) < 4.78 is 5.37. The van der Waals surface area contributed by atoms with E-state index in [9.17, 15) is 4.79 Å². The molecular weight excluding hydrogens is 232 g/mol. The topological polar surface area (TPSA) is 62.7 Å². The lowest BCUT2D eigenvalue weighted by molar-refractivity contribution is -0.165. The summed E-state index contributed by atoms with van der Waals surface area (Å²) in [7, 11) is 0. The first-order valence-corrected chi connectivity index (χ1v) is 5.96. The van der Waals surface area contributed by atoms with Gasteiger partial charge in [-0.25, -0.2) is 4.79 Å². The highest BCUT2D eigenvalue weighted by Crippen LogP contribution is 2.26. The second kappa shape index (κ2) is 5.04. The molecule has 98 valence electrons. The fourth-order valence-electron chi connectivity index (χ4n) is 2.24. The third-order valence-electron chi connectivity index (χ3n) is 3.20. The molecule has 1 aliphatic heterocycles. The third-order valence-corrected chi connectivity index (χ3v) is 3.20. The second-order valence-electron chi connectivity index (χ2n) is 5.08. The number of likely N-dealkylation sites (tertiary alicyclic amines) is 1. The number of nitrogens with zero attached hydrogens (tertiary/aromatic N) is 2. The van der Waals surface area contributed by atoms with E-state index in [1.54, 1.807) is 6.20 Å². The van der Waals surface area contributed by atoms with E-state index in [-0.39, 0.29) is 12.2 Å². The van der Waals surface area contributed by atoms with Crippen molar-refractivity contribution >= 4 is 5.97 Å². The van der Waals surface area contributed by atoms with Crippen molar-refractivity contribution in [3.05, 3.63) is 29.6 Å². The van der Waals surface area contributed by atoms with Crippen LogP contribution in [0.2, 0.25) is 0 Å². The summed E-state index contributed by atoms with van der Waals surface area (Å²) in [5.74, 6) is -0.919. The van der Waals surface area contributed by atoms with Crippen LogP contribution in [0.5, 0.6) is 0 Å². The van der Waals surface area contributed by atoms with Crippen LogP contribution in [-0.2, 0) is 16.1 Å². The predicted octanol–water partition coefficient (Wildman–Crippen LogP) is 1.07. The van der Waals surface area contributed by atoms with Crippen LogP contribution < -0.4 is 0 Å². The second-order valence-corrected chi connectivity index (χ2v) is 5.08. The van der Waals surface area contributed by atoms with Crippen LogP contribution >= 0.6 is 0 Å². The Balaban J connectivity index is 1.82. The summed E-state index contributed by atoms with van der Waals surface area (Å²) in [4.78, 5) is 16.8. The van der Waals surface area contributed by atoms with Crippen LogP contribution in [-0.4, -0.2) is 46.3 Å². The van der Waals surface area contributed by atoms with Gasteiger partial charge in [-0.05, 0) is 31.0 Å². The molecule has 0 radical (unpaired) electrons. The molecule has 2 heterocycles. The number of rotatable bonds is 5. The van der Waals surface area contributed by atoms with E-state index >= 15 is 0 Å². The summed E-state index contributed by atoms with van der Waals surface area (Å²) in [6, 6.07) is 2.00. The maximum Gasteiger partial charge on any atom is 0.329 e. The number of ether oxygens (including phenoxy) is 1. The minimum atomic E-state index is -0.919. The quantitative estimate of drug-likeness (QED) is 0.846. The maximum absolute atomic E-state index is 10.5. The molecule has 0 aromatic carbocycles. The minimum absolute atomic E-state index is 0.226. The first-order chi connectivity index (χ1) is 8.48. The first-order valence-electron chi connectivity index (χ1n) is 5.96. The van der Waals surface area contributed by atoms with Gasteiger partial charge in [0.25, 0.3) is 0 Å². The number of carboxylic acids is 1. The van der Waals surface area contributed by atoms with Gasteiger partial charge in [-0.2, -0.15) is 0 Å². The molecule has 5 heteroatoms. The van der Waals surface area contributed by atoms with E-state index in [0.717, 1.165) is 19.6 Å². The fraction of sp³-hybridized carbons (Fsp3) is 0.538. The summed E-state index contributed by atoms with van der Waals surface area (Å²) in [5, 5.41) is 8.59. The highest BCUT2D eigenvalue weighted by Gasteiger charge is 2.40. The van der Waals surface area contributed by atoms with Gasteiger partial charge in [0.05, 0.1) is 5.60 Å². The maximum atomic E-state index is 10.5. The monoisotopic (exact) mass is 250 g/mol. The predicted molar refractivity (Wildman–Crippen MR) is 66.2 cm³/mol. The Kier molecular flexibility index (Phi) is 3.63. The molecule has 5 nitrogen and oxygen atoms in total. The summed E-state index contributed by atoms with van der Waals surface area (Å²) in [6.07, 6.45) is 3.66. The van der Waals surface area contributed by atoms with Crippen molar-refractivity contribution in [3.63, 3.8) is 0 Å². The largest absolute Gasteiger partial charge is 0.480 e. The van der Waals surface area contributed by atoms with E-state index in [1.807, 2.05) is 19.2 Å². The van der Waals surface area contributed by atoms with Gasteiger partial charge >= 0.3 is 5.97 Å². The highest BCUT2D eigenvalue weighted by atomic mass is 16.5. The van der Waals surface area contributed by atoms with Crippen LogP contribution in [0, 0.1) is 6.92 Å². The molecule has 0 bridgehead atoms. The Morgan fingerprint density at radius 3 is 2.94 bits per heavy atom. The zero-order valence-corrected chi connectivity index (χ0v) is 10.7. The fourth-order valence-corrected chi connectivity index (χ4v) is 2.24. The van der Waals surface area contributed by atoms with Crippen LogP contribution in [0.3, 0.4) is 0 Å². The Morgan fingerprint density at radius 2 is 2.33 bits per heavy atom. The standard InChI is InChI=1S/C13H18N2O3/c1-10-3-4-14-5-11(10)6-15-8-13(2,9-15)18-7-12(16)17/h3-5H,6-9H2,1-2H3,(H,16,17). The molecule has 0 saturated carbocycles. The number of hydrogen-bond acceptors (Lipinski definition) is 4. The van der Waals surface area contributed by atoms with E-state index in [4.69, 9.17) is 9.84 Å². The zero-order chi connectivity index (χ0) is 13.2. The number of aliphatic carboxylic acids is 1. The van der Waals surface area contributed by atoms with E-state index < -0.39 is 5.97 Å². The number of carboxylic acid groups (broad SMARTS) is 1. The molecule has 0 spiro atoms. The van der Waals surface area contributed by atoms with Gasteiger partial charge in [0.2, 0.25) is 0 Å². The van der Waals surface area contributed by atoms with Crippen molar-refractivity contribution in [2.75, 3.05) is 19.7 Å². The van der Waals surface area contributed by atoms with Crippen molar-refractivity contribution in [3.8, 4) is 0 Å². The van der Waals surface area contributed by atoms with Gasteiger partial charge in [-0.3, -0.25) is 9.88 Å². The summed E-state index contributed by atoms with van der Waals surface area (Å²) in [6.45, 7) is 6.14. The van der Waals surface area contributed by atoms with Crippen molar-refractivity contribution in [2.24, 2.45) is 0 Å². The Hall–Kier alpha value is -1.46. The Bertz CT molecular complexity index is 442. The molecule has 1 N–H and O–H groups in total. The normalized spacial score (nSPS) is 18.3. The molecule has 1 aromatic rings. The highest BCUT2D eigenvalue weighted by molar-refractivity contribution is 5.68. The average molecular weight is 250 g/mol. The molecule has 18 heavy (non-hydrogen) atoms. The van der Waals surface area contributed by atoms with E-state index in [0.29, 0.717) is 0 Å². The van der Waals surface area contributed by atoms with Crippen LogP contribution in [0.15, 0.2) is 18.5 Å². The van der Waals surface area contributed by atoms with E-state index in [2.05, 4.69) is 16.8 Å². The van der Waals surface area contributed by atoms with Crippen molar-refractivity contribution in [1.82, 2.24) is 9.88 Å². The lowest BCUT2D eigenvalue weighted by Crippen LogP contribution is -2.61. The third kappa shape index (κ3) is 3.05. The van der Waals surface area contributed by atoms with Crippen molar-refractivity contribution < 1.29 is 14.6 Å². The number of pyridine rings is 1. The van der Waals surface area contributed by atoms with Gasteiger partial charge in [0.1, 0.15) is 6.61 Å². The molecule has 2 rings (SSSR count). The minimum Gasteiger partial charge on any atom is -0.480 e. The molecule has 0 amide bonds. The lowest BCUT2D eigenvalue weighted by Gasteiger charge is -2.47. The van der Waals surface area contributed by atoms with Gasteiger partial charge in [-0.15, -0.1) is 0 Å². The molecule has 0 unspecified atom stereocenters. The molecule has 1 fully saturated rings. The van der Waals surface area contributed by atoms with Gasteiger partial charge < -0.3 is 9.84 Å². The summed E-state index contributed by atoms with van der Waals surface area (Å²) >= 11 is 0. The molecule has 1 aliphatic rings. The van der Waals surface area contributed by atoms with Crippen LogP contribution in [0.4, 0.5) is 0 Å². The lowest BCUT2D eigenvalue weighted by atomic mass is 9.95. The Morgan fingerprint density at radius 1 is 1.61 bits per heavy atom. The molecular formula is C13H18N2O3. The number of hydrogen-bond donors (Lipinski definition) is 1. The molecule has 0 aliphatic carbocycles. The van der Waals surface area contributed by atoms with Crippen molar-refractivity contribution in [1.29, 1.82) is 0 Å². The molecule has 1 aromatic heterocycles. The SMILES string of the molecule is Cc1ccncc1CN1CC(C)(OCC(=O)O)C1. The van der Waals surface area contributed by atoms with Gasteiger partial charge in [-0.1, -0.05) is 0 Å². The smallest absolute Gasteiger partial charge is 0.329 e. The average Bonchev–Trinajstić information content (AvgIpc) is 2.27. The molecule has 1 saturated heterocycles. The zero-order valence-electron chi connectivity index (χ0n) is 10.7. The first kappa shape index (κ1) is 13.0. The van der Waals surface area contributed by atoms with Crippen molar-refractivity contribution in [2.45, 2.75) is 26.0 Å². The van der Waals surface area contributed by atoms with E-state index in [1.165, 1.54) is 11.1 Å². The van der Waals surface area contributed by atoms with Crippen LogP contribution in [0.25, 0.3) is 0 Å². The Labute approximate surface area is 106 Å². The van der Waals surface area contributed by atoms with Gasteiger partial charge in [0.15, 0.2) is 0 Å². The van der Waals surface area contributed by atoms with Gasteiger partial charge in [0, 0.05) is 32.0 Å². The summed E-state index contributed by atoms with van der Waals surface area (Å²) in [5.41, 5.74) is 2.11. The number of aryl methyl sites for hydroxylation is 1. The molecule has 0 atom stereocenters.